The molecule has 1 N–H and O–H groups in total. The largest absolute Gasteiger partial charge is 0.341 e. The quantitative estimate of drug-likeness (QED) is 0.597. The first-order chi connectivity index (χ1) is 14.5. The van der Waals surface area contributed by atoms with Crippen molar-refractivity contribution in [2.24, 2.45) is 0 Å². The van der Waals surface area contributed by atoms with E-state index < -0.39 is 25.1 Å². The third-order valence-corrected chi connectivity index (χ3v) is 9.76. The highest BCUT2D eigenvalue weighted by Gasteiger charge is 2.36. The lowest BCUT2D eigenvalue weighted by Crippen LogP contribution is -2.35. The van der Waals surface area contributed by atoms with Crippen molar-refractivity contribution in [1.29, 1.82) is 0 Å². The number of sulfone groups is 1. The zero-order valence-electron chi connectivity index (χ0n) is 16.1. The minimum Gasteiger partial charge on any atom is -0.341 e. The van der Waals surface area contributed by atoms with Gasteiger partial charge in [0.15, 0.2) is 9.84 Å². The summed E-state index contributed by atoms with van der Waals surface area (Å²) in [7, 11) is -7.61. The Bertz CT molecular complexity index is 1170. The molecule has 31 heavy (non-hydrogen) atoms. The van der Waals surface area contributed by atoms with E-state index in [1.807, 2.05) is 0 Å². The van der Waals surface area contributed by atoms with E-state index >= 15 is 0 Å². The van der Waals surface area contributed by atoms with Crippen LogP contribution in [0.5, 0.6) is 0 Å². The van der Waals surface area contributed by atoms with E-state index in [0.717, 1.165) is 0 Å². The van der Waals surface area contributed by atoms with Crippen molar-refractivity contribution >= 4 is 60.6 Å². The fraction of sp³-hybridized carbons (Fsp3) is 0.316. The number of carbonyl (C=O) groups is 1. The van der Waals surface area contributed by atoms with Crippen molar-refractivity contribution in [1.82, 2.24) is 9.62 Å². The van der Waals surface area contributed by atoms with E-state index in [9.17, 15) is 21.6 Å². The summed E-state index contributed by atoms with van der Waals surface area (Å²) in [5, 5.41) is -0.346. The number of halogens is 3. The third kappa shape index (κ3) is 5.53. The smallest absolute Gasteiger partial charge is 0.243 e. The first kappa shape index (κ1) is 24.3. The van der Waals surface area contributed by atoms with Crippen molar-refractivity contribution in [3.63, 3.8) is 0 Å². The Kier molecular flexibility index (Phi) is 7.55. The van der Waals surface area contributed by atoms with E-state index in [0.29, 0.717) is 11.4 Å². The van der Waals surface area contributed by atoms with Crippen LogP contribution in [0.25, 0.3) is 0 Å². The topological polar surface area (TPSA) is 101 Å². The summed E-state index contributed by atoms with van der Waals surface area (Å²) in [5.41, 5.74) is 0. The SMILES string of the molecule is O=C(CCNS(=O)(=O)c1c(Cl)cccc1Cl)N1CCC(S(=O)(=O)c2ccc(Cl)cc2)C1. The Morgan fingerprint density at radius 3 is 2.23 bits per heavy atom. The van der Waals surface area contributed by atoms with E-state index in [1.165, 1.54) is 47.4 Å². The van der Waals surface area contributed by atoms with Gasteiger partial charge in [0.1, 0.15) is 4.90 Å². The molecule has 12 heteroatoms. The summed E-state index contributed by atoms with van der Waals surface area (Å²) < 4.78 is 52.8. The summed E-state index contributed by atoms with van der Waals surface area (Å²) >= 11 is 17.7. The number of carbonyl (C=O) groups excluding carboxylic acids is 1. The van der Waals surface area contributed by atoms with Gasteiger partial charge in [0, 0.05) is 31.1 Å². The highest BCUT2D eigenvalue weighted by molar-refractivity contribution is 7.92. The molecule has 0 bridgehead atoms. The van der Waals surface area contributed by atoms with Gasteiger partial charge in [-0.25, -0.2) is 21.6 Å². The molecule has 2 aromatic carbocycles. The highest BCUT2D eigenvalue weighted by Crippen LogP contribution is 2.29. The van der Waals surface area contributed by atoms with Crippen molar-refractivity contribution in [2.45, 2.75) is 27.9 Å². The zero-order chi connectivity index (χ0) is 22.8. The molecule has 1 fully saturated rings. The van der Waals surface area contributed by atoms with Crippen LogP contribution < -0.4 is 4.72 Å². The lowest BCUT2D eigenvalue weighted by Gasteiger charge is -2.17. The van der Waals surface area contributed by atoms with Gasteiger partial charge in [0.05, 0.1) is 20.2 Å². The van der Waals surface area contributed by atoms with Crippen LogP contribution in [-0.2, 0) is 24.7 Å². The normalized spacial score (nSPS) is 17.1. The molecule has 1 amide bonds. The third-order valence-electron chi connectivity index (χ3n) is 4.90. The van der Waals surface area contributed by atoms with Crippen LogP contribution in [0.15, 0.2) is 52.3 Å². The molecule has 7 nitrogen and oxygen atoms in total. The van der Waals surface area contributed by atoms with Crippen molar-refractivity contribution in [3.05, 3.63) is 57.5 Å². The Morgan fingerprint density at radius 2 is 1.61 bits per heavy atom. The monoisotopic (exact) mass is 524 g/mol. The standard InChI is InChI=1S/C19H19Cl3N2O5S2/c20-13-4-6-14(7-5-13)30(26,27)15-9-11-24(12-15)18(25)8-10-23-31(28,29)19-16(21)2-1-3-17(19)22/h1-7,15,23H,8-12H2. The Labute approximate surface area is 196 Å². The number of amides is 1. The van der Waals surface area contributed by atoms with Crippen LogP contribution in [0.2, 0.25) is 15.1 Å². The van der Waals surface area contributed by atoms with E-state index in [4.69, 9.17) is 34.8 Å². The second-order valence-corrected chi connectivity index (χ2v) is 12.1. The maximum absolute atomic E-state index is 12.8. The van der Waals surface area contributed by atoms with Gasteiger partial charge >= 0.3 is 0 Å². The van der Waals surface area contributed by atoms with Gasteiger partial charge in [-0.1, -0.05) is 40.9 Å². The summed E-state index contributed by atoms with van der Waals surface area (Å²) in [5.74, 6) is -0.346. The number of benzene rings is 2. The van der Waals surface area contributed by atoms with Crippen molar-refractivity contribution in [2.75, 3.05) is 19.6 Å². The van der Waals surface area contributed by atoms with Gasteiger partial charge in [-0.15, -0.1) is 0 Å². The molecule has 0 spiro atoms. The molecular weight excluding hydrogens is 507 g/mol. The second-order valence-electron chi connectivity index (χ2n) is 6.95. The average Bonchev–Trinajstić information content (AvgIpc) is 3.19. The van der Waals surface area contributed by atoms with Gasteiger partial charge in [-0.3, -0.25) is 4.79 Å². The molecule has 1 aliphatic heterocycles. The number of sulfonamides is 1. The Balaban J connectivity index is 1.58. The fourth-order valence-corrected chi connectivity index (χ4v) is 7.28. The number of likely N-dealkylation sites (tertiary alicyclic amines) is 1. The predicted molar refractivity (Wildman–Crippen MR) is 120 cm³/mol. The van der Waals surface area contributed by atoms with Crippen LogP contribution in [0.3, 0.4) is 0 Å². The van der Waals surface area contributed by atoms with Crippen molar-refractivity contribution in [3.8, 4) is 0 Å². The number of nitrogens with one attached hydrogen (secondary N) is 1. The molecule has 0 saturated carbocycles. The lowest BCUT2D eigenvalue weighted by atomic mass is 10.4. The Hall–Kier alpha value is -1.36. The van der Waals surface area contributed by atoms with Crippen LogP contribution in [-0.4, -0.2) is 52.5 Å². The molecule has 3 rings (SSSR count). The van der Waals surface area contributed by atoms with Gasteiger partial charge in [0.2, 0.25) is 15.9 Å². The van der Waals surface area contributed by atoms with Crippen LogP contribution >= 0.6 is 34.8 Å². The fourth-order valence-electron chi connectivity index (χ4n) is 3.29. The van der Waals surface area contributed by atoms with Gasteiger partial charge in [0.25, 0.3) is 0 Å². The first-order valence-corrected chi connectivity index (χ1v) is 13.4. The van der Waals surface area contributed by atoms with Crippen LogP contribution in [0.1, 0.15) is 12.8 Å². The molecule has 1 heterocycles. The average molecular weight is 526 g/mol. The molecule has 1 unspecified atom stereocenters. The van der Waals surface area contributed by atoms with Crippen LogP contribution in [0.4, 0.5) is 0 Å². The summed E-state index contributed by atoms with van der Waals surface area (Å²) in [6.07, 6.45) is 0.173. The number of nitrogens with zero attached hydrogens (tertiary/aromatic N) is 1. The van der Waals surface area contributed by atoms with Gasteiger partial charge in [-0.2, -0.15) is 0 Å². The second kappa shape index (κ2) is 9.64. The maximum atomic E-state index is 12.8. The van der Waals surface area contributed by atoms with E-state index in [-0.39, 0.29) is 51.8 Å². The lowest BCUT2D eigenvalue weighted by molar-refractivity contribution is -0.129. The molecule has 1 saturated heterocycles. The number of hydrogen-bond donors (Lipinski definition) is 1. The molecule has 2 aromatic rings. The molecule has 1 atom stereocenters. The molecular formula is C19H19Cl3N2O5S2. The molecule has 168 valence electrons. The molecule has 0 aliphatic carbocycles. The number of hydrogen-bond acceptors (Lipinski definition) is 5. The first-order valence-electron chi connectivity index (χ1n) is 9.23. The Morgan fingerprint density at radius 1 is 1.00 bits per heavy atom. The molecule has 1 aliphatic rings. The summed E-state index contributed by atoms with van der Waals surface area (Å²) in [6.45, 7) is 0.153. The molecule has 0 aromatic heterocycles. The molecule has 0 radical (unpaired) electrons. The maximum Gasteiger partial charge on any atom is 0.243 e. The van der Waals surface area contributed by atoms with E-state index in [1.54, 1.807) is 0 Å². The number of rotatable bonds is 7. The summed E-state index contributed by atoms with van der Waals surface area (Å²) in [6, 6.07) is 10.2. The zero-order valence-corrected chi connectivity index (χ0v) is 20.0. The van der Waals surface area contributed by atoms with Gasteiger partial charge in [-0.05, 0) is 42.8 Å². The highest BCUT2D eigenvalue weighted by atomic mass is 35.5. The van der Waals surface area contributed by atoms with Gasteiger partial charge < -0.3 is 4.90 Å². The summed E-state index contributed by atoms with van der Waals surface area (Å²) in [4.78, 5) is 13.8. The van der Waals surface area contributed by atoms with Crippen LogP contribution in [0, 0.1) is 0 Å². The van der Waals surface area contributed by atoms with E-state index in [2.05, 4.69) is 4.72 Å². The van der Waals surface area contributed by atoms with Crippen molar-refractivity contribution < 1.29 is 21.6 Å². The minimum absolute atomic E-state index is 0.0267. The minimum atomic E-state index is -4.01. The predicted octanol–water partition coefficient (Wildman–Crippen LogP) is 3.39.